The number of rotatable bonds is 3. The summed E-state index contributed by atoms with van der Waals surface area (Å²) in [6.45, 7) is 0. The summed E-state index contributed by atoms with van der Waals surface area (Å²) in [5, 5.41) is 19.8. The molecule has 0 aromatic heterocycles. The summed E-state index contributed by atoms with van der Waals surface area (Å²) in [5.41, 5.74) is 10.8. The van der Waals surface area contributed by atoms with Gasteiger partial charge in [-0.2, -0.15) is 10.3 Å². The number of carbonyl (C=O) groups excluding carboxylic acids is 1. The Labute approximate surface area is 142 Å². The number of methoxy groups -OCH3 is 1. The number of hydrogen-bond acceptors (Lipinski definition) is 4. The lowest BCUT2D eigenvalue weighted by Crippen LogP contribution is -2.24. The van der Waals surface area contributed by atoms with Gasteiger partial charge in [0.1, 0.15) is 11.5 Å². The molecule has 0 heterocycles. The van der Waals surface area contributed by atoms with E-state index in [0.29, 0.717) is 11.3 Å². The van der Waals surface area contributed by atoms with Crippen LogP contribution in [0, 0.1) is 11.3 Å². The summed E-state index contributed by atoms with van der Waals surface area (Å²) >= 11 is 6.21. The number of hydrogen-bond donors (Lipinski definition) is 3. The van der Waals surface area contributed by atoms with Gasteiger partial charge in [0.15, 0.2) is 5.96 Å². The monoisotopic (exact) mass is 344 g/mol. The van der Waals surface area contributed by atoms with E-state index in [-0.39, 0.29) is 27.5 Å². The molecule has 24 heavy (non-hydrogen) atoms. The number of benzene rings is 2. The largest absolute Gasteiger partial charge is 0.507 e. The Morgan fingerprint density at radius 3 is 2.62 bits per heavy atom. The summed E-state index contributed by atoms with van der Waals surface area (Å²) in [6, 6.07) is 9.26. The molecule has 2 rings (SSSR count). The van der Waals surface area contributed by atoms with Crippen LogP contribution in [0.4, 0.5) is 0 Å². The fourth-order valence-corrected chi connectivity index (χ4v) is 2.39. The topological polar surface area (TPSA) is 135 Å². The van der Waals surface area contributed by atoms with E-state index in [4.69, 9.17) is 27.8 Å². The number of carbonyl (C=O) groups is 1. The highest BCUT2D eigenvalue weighted by atomic mass is 35.5. The molecular weight excluding hydrogens is 332 g/mol. The van der Waals surface area contributed by atoms with Crippen LogP contribution in [0.3, 0.4) is 0 Å². The van der Waals surface area contributed by atoms with Crippen LogP contribution in [0.25, 0.3) is 11.1 Å². The summed E-state index contributed by atoms with van der Waals surface area (Å²) in [7, 11) is 1.46. The number of nitriles is 1. The standard InChI is InChI=1S/C16H13ClN4O3/c1-24-9-3-4-11(17)10(6-9)13-8(7-18)2-5-12(22)14(13)15(23)21-16(19)20/h2-6,22H,1H3,(H4,19,20,21,23). The first kappa shape index (κ1) is 17.1. The number of halogens is 1. The molecule has 0 saturated heterocycles. The molecule has 0 atom stereocenters. The Bertz CT molecular complexity index is 884. The van der Waals surface area contributed by atoms with Crippen LogP contribution >= 0.6 is 11.6 Å². The van der Waals surface area contributed by atoms with Crippen LogP contribution in [0.15, 0.2) is 35.3 Å². The minimum absolute atomic E-state index is 0.122. The van der Waals surface area contributed by atoms with Gasteiger partial charge in [-0.3, -0.25) is 4.79 Å². The van der Waals surface area contributed by atoms with Crippen LogP contribution in [-0.4, -0.2) is 24.1 Å². The molecule has 0 aliphatic rings. The van der Waals surface area contributed by atoms with Gasteiger partial charge in [0, 0.05) is 16.1 Å². The van der Waals surface area contributed by atoms with Crippen molar-refractivity contribution in [1.82, 2.24) is 0 Å². The van der Waals surface area contributed by atoms with E-state index in [1.54, 1.807) is 18.2 Å². The quantitative estimate of drug-likeness (QED) is 0.575. The predicted octanol–water partition coefficient (Wildman–Crippen LogP) is 2.01. The third-order valence-electron chi connectivity index (χ3n) is 3.19. The zero-order chi connectivity index (χ0) is 17.9. The first-order valence-corrected chi connectivity index (χ1v) is 7.00. The van der Waals surface area contributed by atoms with Crippen LogP contribution in [0.2, 0.25) is 5.02 Å². The van der Waals surface area contributed by atoms with Crippen LogP contribution in [0.1, 0.15) is 15.9 Å². The van der Waals surface area contributed by atoms with Gasteiger partial charge in [-0.1, -0.05) is 11.6 Å². The third kappa shape index (κ3) is 3.24. The lowest BCUT2D eigenvalue weighted by molar-refractivity contribution is 0.100. The Hall–Kier alpha value is -3.24. The molecule has 0 unspecified atom stereocenters. The van der Waals surface area contributed by atoms with Gasteiger partial charge in [0.2, 0.25) is 0 Å². The minimum Gasteiger partial charge on any atom is -0.507 e. The van der Waals surface area contributed by atoms with Crippen molar-refractivity contribution in [3.05, 3.63) is 46.5 Å². The number of amides is 1. The van der Waals surface area contributed by atoms with Gasteiger partial charge < -0.3 is 21.3 Å². The number of aromatic hydroxyl groups is 1. The first-order valence-electron chi connectivity index (χ1n) is 6.63. The highest BCUT2D eigenvalue weighted by molar-refractivity contribution is 6.33. The normalized spacial score (nSPS) is 9.88. The van der Waals surface area contributed by atoms with Crippen LogP contribution in [0.5, 0.6) is 11.5 Å². The Morgan fingerprint density at radius 2 is 2.04 bits per heavy atom. The summed E-state index contributed by atoms with van der Waals surface area (Å²) in [6.07, 6.45) is 0. The maximum Gasteiger partial charge on any atom is 0.284 e. The Morgan fingerprint density at radius 1 is 1.33 bits per heavy atom. The highest BCUT2D eigenvalue weighted by Gasteiger charge is 2.23. The van der Waals surface area contributed by atoms with E-state index in [2.05, 4.69) is 4.99 Å². The number of guanidine groups is 1. The SMILES string of the molecule is COc1ccc(Cl)c(-c2c(C#N)ccc(O)c2C(=O)N=C(N)N)c1. The molecule has 0 aliphatic heterocycles. The maximum absolute atomic E-state index is 12.3. The lowest BCUT2D eigenvalue weighted by atomic mass is 9.93. The fourth-order valence-electron chi connectivity index (χ4n) is 2.18. The number of aliphatic imine (C=N–C) groups is 1. The molecule has 5 N–H and O–H groups in total. The number of nitrogens with zero attached hydrogens (tertiary/aromatic N) is 2. The molecule has 0 saturated carbocycles. The summed E-state index contributed by atoms with van der Waals surface area (Å²) in [5.74, 6) is -1.28. The molecule has 0 fully saturated rings. The fraction of sp³-hybridized carbons (Fsp3) is 0.0625. The molecule has 0 aliphatic carbocycles. The first-order chi connectivity index (χ1) is 11.4. The molecule has 0 radical (unpaired) electrons. The van der Waals surface area contributed by atoms with Gasteiger partial charge in [-0.15, -0.1) is 0 Å². The van der Waals surface area contributed by atoms with Crippen LogP contribution < -0.4 is 16.2 Å². The molecule has 1 amide bonds. The Balaban J connectivity index is 2.87. The second kappa shape index (κ2) is 6.89. The van der Waals surface area contributed by atoms with Crippen molar-refractivity contribution in [2.24, 2.45) is 16.5 Å². The van der Waals surface area contributed by atoms with Gasteiger partial charge in [0.05, 0.1) is 24.3 Å². The van der Waals surface area contributed by atoms with Gasteiger partial charge in [0.25, 0.3) is 5.91 Å². The number of phenols is 1. The van der Waals surface area contributed by atoms with Crippen molar-refractivity contribution in [2.45, 2.75) is 0 Å². The summed E-state index contributed by atoms with van der Waals surface area (Å²) < 4.78 is 5.14. The van der Waals surface area contributed by atoms with E-state index in [0.717, 1.165) is 0 Å². The minimum atomic E-state index is -0.890. The molecular formula is C16H13ClN4O3. The van der Waals surface area contributed by atoms with Crippen molar-refractivity contribution < 1.29 is 14.6 Å². The van der Waals surface area contributed by atoms with E-state index in [1.807, 2.05) is 6.07 Å². The molecule has 2 aromatic carbocycles. The second-order valence-corrected chi connectivity index (χ2v) is 5.09. The molecule has 2 aromatic rings. The van der Waals surface area contributed by atoms with E-state index >= 15 is 0 Å². The van der Waals surface area contributed by atoms with Gasteiger partial charge in [-0.25, -0.2) is 0 Å². The maximum atomic E-state index is 12.3. The van der Waals surface area contributed by atoms with E-state index in [1.165, 1.54) is 19.2 Å². The van der Waals surface area contributed by atoms with Crippen molar-refractivity contribution in [3.8, 4) is 28.7 Å². The van der Waals surface area contributed by atoms with Crippen molar-refractivity contribution in [1.29, 1.82) is 5.26 Å². The van der Waals surface area contributed by atoms with Crippen LogP contribution in [-0.2, 0) is 0 Å². The number of phenolic OH excluding ortho intramolecular Hbond substituents is 1. The highest BCUT2D eigenvalue weighted by Crippen LogP contribution is 2.39. The lowest BCUT2D eigenvalue weighted by Gasteiger charge is -2.13. The van der Waals surface area contributed by atoms with Crippen molar-refractivity contribution in [2.75, 3.05) is 7.11 Å². The van der Waals surface area contributed by atoms with E-state index in [9.17, 15) is 15.2 Å². The van der Waals surface area contributed by atoms with Crippen molar-refractivity contribution in [3.63, 3.8) is 0 Å². The van der Waals surface area contributed by atoms with Crippen molar-refractivity contribution >= 4 is 23.5 Å². The third-order valence-corrected chi connectivity index (χ3v) is 3.52. The van der Waals surface area contributed by atoms with Gasteiger partial charge >= 0.3 is 0 Å². The molecule has 7 nitrogen and oxygen atoms in total. The predicted molar refractivity (Wildman–Crippen MR) is 90.0 cm³/mol. The zero-order valence-corrected chi connectivity index (χ0v) is 13.3. The molecule has 8 heteroatoms. The average molecular weight is 345 g/mol. The molecule has 0 bridgehead atoms. The Kier molecular flexibility index (Phi) is 4.92. The average Bonchev–Trinajstić information content (AvgIpc) is 2.54. The molecule has 122 valence electrons. The van der Waals surface area contributed by atoms with E-state index < -0.39 is 11.9 Å². The zero-order valence-electron chi connectivity index (χ0n) is 12.6. The molecule has 0 spiro atoms. The smallest absolute Gasteiger partial charge is 0.284 e. The number of ether oxygens (including phenoxy) is 1. The summed E-state index contributed by atoms with van der Waals surface area (Å²) in [4.78, 5) is 15.7. The second-order valence-electron chi connectivity index (χ2n) is 4.68. The number of nitrogens with two attached hydrogens (primary N) is 2. The van der Waals surface area contributed by atoms with Gasteiger partial charge in [-0.05, 0) is 30.3 Å².